The van der Waals surface area contributed by atoms with Crippen LogP contribution in [0.25, 0.3) is 22.2 Å². The second-order valence-electron chi connectivity index (χ2n) is 8.22. The van der Waals surface area contributed by atoms with E-state index in [2.05, 4.69) is 39.3 Å². The molecule has 0 fully saturated rings. The summed E-state index contributed by atoms with van der Waals surface area (Å²) >= 11 is 0. The van der Waals surface area contributed by atoms with Crippen LogP contribution in [0.5, 0.6) is 0 Å². The van der Waals surface area contributed by atoms with Gasteiger partial charge in [-0.3, -0.25) is 19.6 Å². The molecule has 1 amide bonds. The molecule has 6 nitrogen and oxygen atoms in total. The van der Waals surface area contributed by atoms with E-state index >= 15 is 0 Å². The molecule has 34 heavy (non-hydrogen) atoms. The van der Waals surface area contributed by atoms with Crippen molar-refractivity contribution < 1.29 is 9.59 Å². The first-order valence-electron chi connectivity index (χ1n) is 11.7. The topological polar surface area (TPSA) is 84.8 Å². The Bertz CT molecular complexity index is 1300. The number of unbranched alkanes of at least 4 members (excludes halogenated alkanes) is 1. The number of rotatable bonds is 9. The van der Waals surface area contributed by atoms with Crippen LogP contribution in [0.1, 0.15) is 65.1 Å². The fourth-order valence-corrected chi connectivity index (χ4v) is 3.89. The van der Waals surface area contributed by atoms with Crippen LogP contribution >= 0.6 is 0 Å². The van der Waals surface area contributed by atoms with Crippen molar-refractivity contribution in [2.75, 3.05) is 6.54 Å². The van der Waals surface area contributed by atoms with Gasteiger partial charge in [-0.1, -0.05) is 56.7 Å². The molecule has 0 bridgehead atoms. The van der Waals surface area contributed by atoms with Crippen LogP contribution in [-0.4, -0.2) is 33.2 Å². The van der Waals surface area contributed by atoms with E-state index in [0.717, 1.165) is 40.4 Å². The third-order valence-corrected chi connectivity index (χ3v) is 5.82. The molecule has 0 atom stereocenters. The van der Waals surface area contributed by atoms with E-state index in [1.165, 1.54) is 6.20 Å². The molecule has 172 valence electrons. The summed E-state index contributed by atoms with van der Waals surface area (Å²) in [6.07, 6.45) is 7.80. The highest BCUT2D eigenvalue weighted by Gasteiger charge is 2.16. The summed E-state index contributed by atoms with van der Waals surface area (Å²) < 4.78 is 0. The molecule has 0 unspecified atom stereocenters. The van der Waals surface area contributed by atoms with Crippen LogP contribution in [0.2, 0.25) is 0 Å². The Morgan fingerprint density at radius 3 is 2.44 bits per heavy atom. The van der Waals surface area contributed by atoms with E-state index < -0.39 is 0 Å². The highest BCUT2D eigenvalue weighted by Crippen LogP contribution is 2.28. The van der Waals surface area contributed by atoms with Gasteiger partial charge in [0.2, 0.25) is 0 Å². The average Bonchev–Trinajstić information content (AvgIpc) is 2.89. The number of hydrogen-bond acceptors (Lipinski definition) is 5. The van der Waals surface area contributed by atoms with Crippen molar-refractivity contribution in [2.24, 2.45) is 0 Å². The van der Waals surface area contributed by atoms with E-state index in [1.807, 2.05) is 43.3 Å². The molecule has 4 rings (SSSR count). The van der Waals surface area contributed by atoms with Crippen LogP contribution < -0.4 is 5.32 Å². The van der Waals surface area contributed by atoms with E-state index in [9.17, 15) is 9.59 Å². The number of amides is 1. The van der Waals surface area contributed by atoms with Gasteiger partial charge in [-0.15, -0.1) is 0 Å². The van der Waals surface area contributed by atoms with Gasteiger partial charge in [0, 0.05) is 35.7 Å². The second-order valence-corrected chi connectivity index (χ2v) is 8.22. The van der Waals surface area contributed by atoms with Gasteiger partial charge in [-0.05, 0) is 36.1 Å². The lowest BCUT2D eigenvalue weighted by Crippen LogP contribution is -2.25. The first-order valence-corrected chi connectivity index (χ1v) is 11.7. The van der Waals surface area contributed by atoms with Gasteiger partial charge in [0.1, 0.15) is 5.69 Å². The largest absolute Gasteiger partial charge is 0.351 e. The molecule has 2 aromatic heterocycles. The molecule has 0 saturated heterocycles. The predicted molar refractivity (Wildman–Crippen MR) is 134 cm³/mol. The van der Waals surface area contributed by atoms with Gasteiger partial charge in [0.05, 0.1) is 23.6 Å². The third-order valence-electron chi connectivity index (χ3n) is 5.82. The van der Waals surface area contributed by atoms with Crippen molar-refractivity contribution in [2.45, 2.75) is 39.5 Å². The van der Waals surface area contributed by atoms with Gasteiger partial charge in [-0.2, -0.15) is 0 Å². The SMILES string of the molecule is CCCCNC(=O)c1cnc(-c2ccc3ncc(C(=O)CC)c(Cc4ccccc4)c3c2)cn1. The lowest BCUT2D eigenvalue weighted by molar-refractivity contribution is 0.0946. The summed E-state index contributed by atoms with van der Waals surface area (Å²) in [4.78, 5) is 38.3. The Morgan fingerprint density at radius 2 is 1.74 bits per heavy atom. The number of benzene rings is 2. The molecule has 0 spiro atoms. The smallest absolute Gasteiger partial charge is 0.271 e. The molecular weight excluding hydrogens is 424 g/mol. The van der Waals surface area contributed by atoms with Crippen molar-refractivity contribution >= 4 is 22.6 Å². The zero-order chi connectivity index (χ0) is 23.9. The standard InChI is InChI=1S/C28H28N4O2/c1-3-5-13-29-28(34)26-18-31-25(17-32-26)20-11-12-24-22(15-20)21(14-19-9-7-6-8-10-19)23(16-30-24)27(33)4-2/h6-12,15-18H,3-5,13-14H2,1-2H3,(H,29,34). The quantitative estimate of drug-likeness (QED) is 0.271. The summed E-state index contributed by atoms with van der Waals surface area (Å²) in [6.45, 7) is 4.57. The number of pyridine rings is 1. The molecule has 0 aliphatic rings. The van der Waals surface area contributed by atoms with E-state index in [0.29, 0.717) is 36.3 Å². The minimum atomic E-state index is -0.219. The molecule has 0 aliphatic carbocycles. The maximum absolute atomic E-state index is 12.7. The summed E-state index contributed by atoms with van der Waals surface area (Å²) in [5.41, 5.74) is 5.37. The van der Waals surface area contributed by atoms with Crippen LogP contribution in [0, 0.1) is 0 Å². The Kier molecular flexibility index (Phi) is 7.38. The fourth-order valence-electron chi connectivity index (χ4n) is 3.89. The van der Waals surface area contributed by atoms with Crippen LogP contribution in [0.4, 0.5) is 0 Å². The van der Waals surface area contributed by atoms with E-state index in [1.54, 1.807) is 12.4 Å². The molecular formula is C28H28N4O2. The fraction of sp³-hybridized carbons (Fsp3) is 0.250. The molecule has 6 heteroatoms. The molecule has 2 heterocycles. The molecule has 2 aromatic carbocycles. The van der Waals surface area contributed by atoms with Crippen LogP contribution in [0.15, 0.2) is 67.1 Å². The minimum absolute atomic E-state index is 0.0731. The van der Waals surface area contributed by atoms with Crippen molar-refractivity contribution in [1.29, 1.82) is 0 Å². The Labute approximate surface area is 199 Å². The number of carbonyl (C=O) groups is 2. The predicted octanol–water partition coefficient (Wildman–Crippen LogP) is 5.41. The van der Waals surface area contributed by atoms with Crippen LogP contribution in [0.3, 0.4) is 0 Å². The zero-order valence-electron chi connectivity index (χ0n) is 19.5. The van der Waals surface area contributed by atoms with Gasteiger partial charge in [0.15, 0.2) is 5.78 Å². The van der Waals surface area contributed by atoms with Gasteiger partial charge >= 0.3 is 0 Å². The number of nitrogens with one attached hydrogen (secondary N) is 1. The number of aromatic nitrogens is 3. The lowest BCUT2D eigenvalue weighted by Gasteiger charge is -2.13. The number of hydrogen-bond donors (Lipinski definition) is 1. The van der Waals surface area contributed by atoms with E-state index in [-0.39, 0.29) is 11.7 Å². The van der Waals surface area contributed by atoms with Crippen molar-refractivity contribution in [3.05, 3.63) is 89.5 Å². The highest BCUT2D eigenvalue weighted by molar-refractivity contribution is 6.02. The molecule has 0 saturated carbocycles. The van der Waals surface area contributed by atoms with E-state index in [4.69, 9.17) is 0 Å². The average molecular weight is 453 g/mol. The van der Waals surface area contributed by atoms with Crippen LogP contribution in [-0.2, 0) is 6.42 Å². The summed E-state index contributed by atoms with van der Waals surface area (Å²) in [6, 6.07) is 16.0. The summed E-state index contributed by atoms with van der Waals surface area (Å²) in [5, 5.41) is 3.77. The number of nitrogens with zero attached hydrogens (tertiary/aromatic N) is 3. The summed E-state index contributed by atoms with van der Waals surface area (Å²) in [5.74, 6) is -0.146. The summed E-state index contributed by atoms with van der Waals surface area (Å²) in [7, 11) is 0. The molecule has 0 radical (unpaired) electrons. The second kappa shape index (κ2) is 10.8. The van der Waals surface area contributed by atoms with Crippen molar-refractivity contribution in [3.8, 4) is 11.3 Å². The minimum Gasteiger partial charge on any atom is -0.351 e. The Balaban J connectivity index is 1.72. The van der Waals surface area contributed by atoms with Gasteiger partial charge in [0.25, 0.3) is 5.91 Å². The Morgan fingerprint density at radius 1 is 0.912 bits per heavy atom. The first kappa shape index (κ1) is 23.2. The van der Waals surface area contributed by atoms with Gasteiger partial charge < -0.3 is 5.32 Å². The van der Waals surface area contributed by atoms with Crippen molar-refractivity contribution in [3.63, 3.8) is 0 Å². The molecule has 0 aliphatic heterocycles. The molecule has 4 aromatic rings. The third kappa shape index (κ3) is 5.17. The zero-order valence-corrected chi connectivity index (χ0v) is 19.5. The maximum Gasteiger partial charge on any atom is 0.271 e. The number of ketones is 1. The first-order chi connectivity index (χ1) is 16.6. The monoisotopic (exact) mass is 452 g/mol. The van der Waals surface area contributed by atoms with Crippen molar-refractivity contribution in [1.82, 2.24) is 20.3 Å². The maximum atomic E-state index is 12.7. The Hall–Kier alpha value is -3.93. The highest BCUT2D eigenvalue weighted by atomic mass is 16.1. The molecule has 1 N–H and O–H groups in total. The number of fused-ring (bicyclic) bond motifs is 1. The normalized spacial score (nSPS) is 10.9. The van der Waals surface area contributed by atoms with Gasteiger partial charge in [-0.25, -0.2) is 4.98 Å². The number of carbonyl (C=O) groups excluding carboxylic acids is 2. The lowest BCUT2D eigenvalue weighted by atomic mass is 9.93. The number of Topliss-reactive ketones (excluding diaryl/α,β-unsaturated/α-hetero) is 1.